The molecule has 1 unspecified atom stereocenters. The van der Waals surface area contributed by atoms with Gasteiger partial charge in [0.25, 0.3) is 0 Å². The summed E-state index contributed by atoms with van der Waals surface area (Å²) in [6, 6.07) is 1.96. The van der Waals surface area contributed by atoms with Gasteiger partial charge in [-0.2, -0.15) is 0 Å². The topological polar surface area (TPSA) is 84.0 Å². The first-order valence-corrected chi connectivity index (χ1v) is 5.68. The SMILES string of the molecule is COCC(C)N(C)c1nccc(C)c1/C(N)=N/O. The van der Waals surface area contributed by atoms with Gasteiger partial charge in [-0.25, -0.2) is 4.98 Å². The van der Waals surface area contributed by atoms with Crippen LogP contribution in [0.2, 0.25) is 0 Å². The van der Waals surface area contributed by atoms with E-state index in [1.165, 1.54) is 0 Å². The first-order valence-electron chi connectivity index (χ1n) is 5.68. The summed E-state index contributed by atoms with van der Waals surface area (Å²) in [4.78, 5) is 6.26. The monoisotopic (exact) mass is 252 g/mol. The van der Waals surface area contributed by atoms with Crippen LogP contribution in [0.15, 0.2) is 17.4 Å². The molecule has 1 aromatic rings. The molecular weight excluding hydrogens is 232 g/mol. The fourth-order valence-corrected chi connectivity index (χ4v) is 1.74. The van der Waals surface area contributed by atoms with Gasteiger partial charge in [-0.05, 0) is 25.5 Å². The lowest BCUT2D eigenvalue weighted by atomic mass is 10.1. The normalized spacial score (nSPS) is 13.4. The third-order valence-electron chi connectivity index (χ3n) is 2.91. The van der Waals surface area contributed by atoms with E-state index < -0.39 is 0 Å². The number of hydrogen-bond donors (Lipinski definition) is 2. The number of methoxy groups -OCH3 is 1. The lowest BCUT2D eigenvalue weighted by Crippen LogP contribution is -2.35. The van der Waals surface area contributed by atoms with Crippen LogP contribution in [0, 0.1) is 6.92 Å². The Morgan fingerprint density at radius 2 is 2.33 bits per heavy atom. The molecule has 0 fully saturated rings. The molecule has 1 atom stereocenters. The summed E-state index contributed by atoms with van der Waals surface area (Å²) < 4.78 is 5.12. The Hall–Kier alpha value is -1.82. The van der Waals surface area contributed by atoms with Gasteiger partial charge in [0.15, 0.2) is 5.84 Å². The summed E-state index contributed by atoms with van der Waals surface area (Å²) in [5, 5.41) is 11.9. The third kappa shape index (κ3) is 2.89. The third-order valence-corrected chi connectivity index (χ3v) is 2.91. The van der Waals surface area contributed by atoms with Crippen LogP contribution < -0.4 is 10.6 Å². The second-order valence-corrected chi connectivity index (χ2v) is 4.23. The van der Waals surface area contributed by atoms with Crippen LogP contribution in [0.5, 0.6) is 0 Å². The lowest BCUT2D eigenvalue weighted by molar-refractivity contribution is 0.183. The summed E-state index contributed by atoms with van der Waals surface area (Å²) in [6.07, 6.45) is 1.70. The van der Waals surface area contributed by atoms with Crippen molar-refractivity contribution in [1.29, 1.82) is 0 Å². The predicted molar refractivity (Wildman–Crippen MR) is 71.2 cm³/mol. The van der Waals surface area contributed by atoms with Gasteiger partial charge >= 0.3 is 0 Å². The molecule has 0 spiro atoms. The van der Waals surface area contributed by atoms with Crippen molar-refractivity contribution in [2.75, 3.05) is 25.7 Å². The van der Waals surface area contributed by atoms with Crippen molar-refractivity contribution < 1.29 is 9.94 Å². The van der Waals surface area contributed by atoms with E-state index in [0.29, 0.717) is 18.0 Å². The van der Waals surface area contributed by atoms with Crippen LogP contribution in [0.25, 0.3) is 0 Å². The van der Waals surface area contributed by atoms with Crippen molar-refractivity contribution in [3.63, 3.8) is 0 Å². The second-order valence-electron chi connectivity index (χ2n) is 4.23. The quantitative estimate of drug-likeness (QED) is 0.353. The van der Waals surface area contributed by atoms with E-state index in [4.69, 9.17) is 15.7 Å². The van der Waals surface area contributed by atoms with Gasteiger partial charge in [0.05, 0.1) is 18.2 Å². The van der Waals surface area contributed by atoms with E-state index in [9.17, 15) is 0 Å². The Bertz CT molecular complexity index is 434. The molecule has 100 valence electrons. The van der Waals surface area contributed by atoms with Crippen molar-refractivity contribution in [1.82, 2.24) is 4.98 Å². The minimum atomic E-state index is 0.0621. The summed E-state index contributed by atoms with van der Waals surface area (Å²) >= 11 is 0. The molecule has 6 heteroatoms. The molecular formula is C12H20N4O2. The Labute approximate surface area is 107 Å². The maximum atomic E-state index is 8.85. The Morgan fingerprint density at radius 1 is 1.67 bits per heavy atom. The highest BCUT2D eigenvalue weighted by molar-refractivity contribution is 6.02. The van der Waals surface area contributed by atoms with E-state index in [1.807, 2.05) is 31.9 Å². The molecule has 18 heavy (non-hydrogen) atoms. The number of aryl methyl sites for hydroxylation is 1. The van der Waals surface area contributed by atoms with Crippen LogP contribution in [0.1, 0.15) is 18.1 Å². The number of hydrogen-bond acceptors (Lipinski definition) is 5. The number of pyridine rings is 1. The van der Waals surface area contributed by atoms with Gasteiger partial charge in [0.1, 0.15) is 5.82 Å². The average molecular weight is 252 g/mol. The maximum absolute atomic E-state index is 8.85. The zero-order valence-corrected chi connectivity index (χ0v) is 11.2. The molecule has 1 heterocycles. The number of nitrogens with two attached hydrogens (primary N) is 1. The van der Waals surface area contributed by atoms with E-state index in [2.05, 4.69) is 10.1 Å². The van der Waals surface area contributed by atoms with Gasteiger partial charge in [0, 0.05) is 20.4 Å². The molecule has 0 aliphatic rings. The average Bonchev–Trinajstić information content (AvgIpc) is 2.37. The summed E-state index contributed by atoms with van der Waals surface area (Å²) in [5.74, 6) is 0.738. The van der Waals surface area contributed by atoms with Crippen LogP contribution in [-0.4, -0.2) is 42.8 Å². The van der Waals surface area contributed by atoms with Crippen LogP contribution in [0.3, 0.4) is 0 Å². The molecule has 0 aliphatic carbocycles. The van der Waals surface area contributed by atoms with Crippen molar-refractivity contribution in [2.45, 2.75) is 19.9 Å². The molecule has 0 aromatic carbocycles. The van der Waals surface area contributed by atoms with Gasteiger partial charge in [-0.15, -0.1) is 0 Å². The molecule has 1 rings (SSSR count). The minimum Gasteiger partial charge on any atom is -0.409 e. The Balaban J connectivity index is 3.20. The van der Waals surface area contributed by atoms with Gasteiger partial charge in [-0.3, -0.25) is 0 Å². The molecule has 0 bridgehead atoms. The number of ether oxygens (including phenoxy) is 1. The maximum Gasteiger partial charge on any atom is 0.174 e. The number of anilines is 1. The molecule has 0 saturated carbocycles. The van der Waals surface area contributed by atoms with E-state index in [0.717, 1.165) is 5.56 Å². The summed E-state index contributed by atoms with van der Waals surface area (Å²) in [5.41, 5.74) is 7.26. The summed E-state index contributed by atoms with van der Waals surface area (Å²) in [7, 11) is 3.55. The van der Waals surface area contributed by atoms with Crippen molar-refractivity contribution >= 4 is 11.7 Å². The highest BCUT2D eigenvalue weighted by Crippen LogP contribution is 2.21. The molecule has 0 saturated heterocycles. The highest BCUT2D eigenvalue weighted by Gasteiger charge is 2.18. The molecule has 3 N–H and O–H groups in total. The van der Waals surface area contributed by atoms with Crippen LogP contribution >= 0.6 is 0 Å². The molecule has 0 radical (unpaired) electrons. The van der Waals surface area contributed by atoms with E-state index >= 15 is 0 Å². The van der Waals surface area contributed by atoms with Crippen molar-refractivity contribution in [2.24, 2.45) is 10.9 Å². The van der Waals surface area contributed by atoms with Crippen LogP contribution in [-0.2, 0) is 4.74 Å². The number of amidine groups is 1. The van der Waals surface area contributed by atoms with Gasteiger partial charge in [-0.1, -0.05) is 5.16 Å². The first kappa shape index (κ1) is 14.2. The standard InChI is InChI=1S/C12H20N4O2/c1-8-5-6-14-12(10(8)11(13)15-17)16(3)9(2)7-18-4/h5-6,9,17H,7H2,1-4H3,(H2,13,15). The zero-order chi connectivity index (χ0) is 13.7. The number of aromatic nitrogens is 1. The molecule has 1 aromatic heterocycles. The largest absolute Gasteiger partial charge is 0.409 e. The predicted octanol–water partition coefficient (Wildman–Crippen LogP) is 0.956. The van der Waals surface area contributed by atoms with Gasteiger partial charge in [0.2, 0.25) is 0 Å². The highest BCUT2D eigenvalue weighted by atomic mass is 16.5. The first-order chi connectivity index (χ1) is 8.52. The van der Waals surface area contributed by atoms with Gasteiger partial charge < -0.3 is 20.6 Å². The fraction of sp³-hybridized carbons (Fsp3) is 0.500. The number of rotatable bonds is 5. The van der Waals surface area contributed by atoms with Crippen LogP contribution in [0.4, 0.5) is 5.82 Å². The summed E-state index contributed by atoms with van der Waals surface area (Å²) in [6.45, 7) is 4.48. The number of nitrogens with zero attached hydrogens (tertiary/aromatic N) is 3. The molecule has 6 nitrogen and oxygen atoms in total. The number of oxime groups is 1. The number of likely N-dealkylation sites (N-methyl/N-ethyl adjacent to an activating group) is 1. The smallest absolute Gasteiger partial charge is 0.174 e. The van der Waals surface area contributed by atoms with Crippen molar-refractivity contribution in [3.8, 4) is 0 Å². The lowest BCUT2D eigenvalue weighted by Gasteiger charge is -2.27. The molecule has 0 aliphatic heterocycles. The minimum absolute atomic E-state index is 0.0621. The Morgan fingerprint density at radius 3 is 2.89 bits per heavy atom. The zero-order valence-electron chi connectivity index (χ0n) is 11.2. The van der Waals surface area contributed by atoms with Crippen molar-refractivity contribution in [3.05, 3.63) is 23.4 Å². The fourth-order valence-electron chi connectivity index (χ4n) is 1.74. The molecule has 0 amide bonds. The van der Waals surface area contributed by atoms with E-state index in [1.54, 1.807) is 13.3 Å². The second kappa shape index (κ2) is 6.20. The van der Waals surface area contributed by atoms with E-state index in [-0.39, 0.29) is 11.9 Å². The Kier molecular flexibility index (Phi) is 4.91.